The van der Waals surface area contributed by atoms with Crippen LogP contribution < -0.4 is 0 Å². The molecule has 0 aromatic rings. The third-order valence-electron chi connectivity index (χ3n) is 8.19. The molecular formula is C39H71NO11. The topological polar surface area (TPSA) is 144 Å². The smallest absolute Gasteiger partial charge is 0.466 e. The van der Waals surface area contributed by atoms with E-state index >= 15 is 0 Å². The van der Waals surface area contributed by atoms with Crippen molar-refractivity contribution in [3.8, 4) is 0 Å². The zero-order valence-electron chi connectivity index (χ0n) is 32.5. The van der Waals surface area contributed by atoms with Gasteiger partial charge in [-0.3, -0.25) is 14.4 Å². The molecule has 51 heavy (non-hydrogen) atoms. The first-order chi connectivity index (χ1) is 24.7. The molecule has 0 bridgehead atoms. The van der Waals surface area contributed by atoms with Gasteiger partial charge in [0, 0.05) is 19.4 Å². The molecule has 0 spiro atoms. The van der Waals surface area contributed by atoms with Crippen molar-refractivity contribution in [2.24, 2.45) is 0 Å². The van der Waals surface area contributed by atoms with Crippen molar-refractivity contribution in [2.45, 2.75) is 168 Å². The molecule has 0 rings (SSSR count). The highest BCUT2D eigenvalue weighted by atomic mass is 16.7. The number of hydrogen-bond acceptors (Lipinski definition) is 12. The summed E-state index contributed by atoms with van der Waals surface area (Å²) in [6.07, 6.45) is 17.5. The molecule has 298 valence electrons. The van der Waals surface area contributed by atoms with Crippen molar-refractivity contribution < 1.29 is 52.4 Å². The highest BCUT2D eigenvalue weighted by molar-refractivity contribution is 5.83. The van der Waals surface area contributed by atoms with Gasteiger partial charge in [-0.25, -0.2) is 9.59 Å². The van der Waals surface area contributed by atoms with Gasteiger partial charge in [0.2, 0.25) is 6.10 Å². The van der Waals surface area contributed by atoms with Crippen LogP contribution in [0.1, 0.15) is 162 Å². The van der Waals surface area contributed by atoms with E-state index in [2.05, 4.69) is 13.8 Å². The second-order valence-corrected chi connectivity index (χ2v) is 13.4. The summed E-state index contributed by atoms with van der Waals surface area (Å²) in [7, 11) is 3.63. The number of nitrogens with zero attached hydrogens (tertiary/aromatic N) is 1. The molecule has 0 aliphatic heterocycles. The van der Waals surface area contributed by atoms with E-state index in [0.29, 0.717) is 71.1 Å². The third-order valence-corrected chi connectivity index (χ3v) is 8.19. The van der Waals surface area contributed by atoms with Crippen LogP contribution >= 0.6 is 0 Å². The van der Waals surface area contributed by atoms with Gasteiger partial charge in [-0.05, 0) is 65.5 Å². The summed E-state index contributed by atoms with van der Waals surface area (Å²) in [5, 5.41) is 0. The Labute approximate surface area is 308 Å². The van der Waals surface area contributed by atoms with Gasteiger partial charge in [0.05, 0.1) is 32.8 Å². The standard InChI is InChI=1S/C39H71NO11/c1-5-7-9-11-13-15-19-25-35(41)46-28-21-17-23-30-48-37(43)33-34(51-39(45)50-32-27-40(3)4)38(44)49-31-24-18-22-29-47-36(42)26-20-16-14-12-10-8-6-2/h34H,5-33H2,1-4H3. The van der Waals surface area contributed by atoms with E-state index in [1.807, 2.05) is 19.0 Å². The normalized spacial score (nSPS) is 11.5. The van der Waals surface area contributed by atoms with Crippen LogP contribution in [0.15, 0.2) is 0 Å². The number of ether oxygens (including phenoxy) is 6. The molecule has 0 amide bonds. The van der Waals surface area contributed by atoms with Crippen LogP contribution in [0, 0.1) is 0 Å². The molecule has 12 nitrogen and oxygen atoms in total. The monoisotopic (exact) mass is 730 g/mol. The van der Waals surface area contributed by atoms with Gasteiger partial charge in [0.25, 0.3) is 0 Å². The number of hydrogen-bond donors (Lipinski definition) is 0. The predicted octanol–water partition coefficient (Wildman–Crippen LogP) is 8.25. The van der Waals surface area contributed by atoms with E-state index in [4.69, 9.17) is 28.4 Å². The fraction of sp³-hybridized carbons (Fsp3) is 0.872. The number of carbonyl (C=O) groups excluding carboxylic acids is 5. The zero-order chi connectivity index (χ0) is 37.8. The van der Waals surface area contributed by atoms with Crippen LogP contribution in [0.5, 0.6) is 0 Å². The Morgan fingerprint density at radius 2 is 0.843 bits per heavy atom. The Balaban J connectivity index is 4.28. The number of likely N-dealkylation sites (N-methyl/N-ethyl adjacent to an activating group) is 1. The molecule has 0 saturated carbocycles. The number of esters is 4. The minimum absolute atomic E-state index is 0.0517. The van der Waals surface area contributed by atoms with Gasteiger partial charge in [-0.2, -0.15) is 0 Å². The predicted molar refractivity (Wildman–Crippen MR) is 196 cm³/mol. The average Bonchev–Trinajstić information content (AvgIpc) is 3.09. The molecule has 1 unspecified atom stereocenters. The molecule has 0 fully saturated rings. The van der Waals surface area contributed by atoms with Crippen molar-refractivity contribution >= 4 is 30.0 Å². The molecule has 0 N–H and O–H groups in total. The van der Waals surface area contributed by atoms with Crippen molar-refractivity contribution in [2.75, 3.05) is 53.7 Å². The van der Waals surface area contributed by atoms with E-state index in [1.165, 1.54) is 51.4 Å². The maximum Gasteiger partial charge on any atom is 0.509 e. The quantitative estimate of drug-likeness (QED) is 0.0352. The molecule has 0 aromatic heterocycles. The lowest BCUT2D eigenvalue weighted by Crippen LogP contribution is -2.33. The third kappa shape index (κ3) is 34.0. The van der Waals surface area contributed by atoms with Crippen LogP contribution in [0.4, 0.5) is 4.79 Å². The molecule has 0 aliphatic rings. The Kier molecular flexibility index (Phi) is 33.5. The van der Waals surface area contributed by atoms with Crippen LogP contribution in [-0.2, 0) is 47.6 Å². The molecule has 0 saturated heterocycles. The summed E-state index contributed by atoms with van der Waals surface area (Å²) in [6, 6.07) is 0. The average molecular weight is 730 g/mol. The lowest BCUT2D eigenvalue weighted by molar-refractivity contribution is -0.161. The fourth-order valence-electron chi connectivity index (χ4n) is 5.03. The first kappa shape index (κ1) is 48.1. The maximum atomic E-state index is 12.7. The van der Waals surface area contributed by atoms with Gasteiger partial charge in [-0.15, -0.1) is 0 Å². The number of carbonyl (C=O) groups is 5. The maximum absolute atomic E-state index is 12.7. The summed E-state index contributed by atoms with van der Waals surface area (Å²) < 4.78 is 31.3. The van der Waals surface area contributed by atoms with Crippen molar-refractivity contribution in [3.05, 3.63) is 0 Å². The minimum Gasteiger partial charge on any atom is -0.466 e. The van der Waals surface area contributed by atoms with Gasteiger partial charge >= 0.3 is 30.0 Å². The van der Waals surface area contributed by atoms with Gasteiger partial charge in [0.15, 0.2) is 0 Å². The van der Waals surface area contributed by atoms with Crippen LogP contribution in [-0.4, -0.2) is 94.7 Å². The molecule has 0 aliphatic carbocycles. The highest BCUT2D eigenvalue weighted by Crippen LogP contribution is 2.12. The molecule has 1 atom stereocenters. The Bertz CT molecular complexity index is 896. The largest absolute Gasteiger partial charge is 0.509 e. The summed E-state index contributed by atoms with van der Waals surface area (Å²) in [5.41, 5.74) is 0. The Morgan fingerprint density at radius 3 is 1.29 bits per heavy atom. The van der Waals surface area contributed by atoms with E-state index in [9.17, 15) is 24.0 Å². The van der Waals surface area contributed by atoms with Crippen LogP contribution in [0.2, 0.25) is 0 Å². The van der Waals surface area contributed by atoms with Gasteiger partial charge in [-0.1, -0.05) is 90.9 Å². The first-order valence-electron chi connectivity index (χ1n) is 19.8. The van der Waals surface area contributed by atoms with E-state index in [1.54, 1.807) is 0 Å². The van der Waals surface area contributed by atoms with E-state index in [0.717, 1.165) is 38.5 Å². The highest BCUT2D eigenvalue weighted by Gasteiger charge is 2.29. The SMILES string of the molecule is CCCCCCCCCC(=O)OCCCCCOC(=O)CC(OC(=O)OCCN(C)C)C(=O)OCCCCCOC(=O)CCCCCCCCC. The summed E-state index contributed by atoms with van der Waals surface area (Å²) in [5.74, 6) is -1.94. The summed E-state index contributed by atoms with van der Waals surface area (Å²) in [6.45, 7) is 5.70. The number of rotatable bonds is 35. The second kappa shape index (κ2) is 35.5. The second-order valence-electron chi connectivity index (χ2n) is 13.4. The summed E-state index contributed by atoms with van der Waals surface area (Å²) in [4.78, 5) is 63.0. The molecule has 0 radical (unpaired) electrons. The number of unbranched alkanes of at least 4 members (excludes halogenated alkanes) is 16. The molecular weight excluding hydrogens is 658 g/mol. The fourth-order valence-corrected chi connectivity index (χ4v) is 5.03. The minimum atomic E-state index is -1.51. The lowest BCUT2D eigenvalue weighted by Gasteiger charge is -2.17. The van der Waals surface area contributed by atoms with Gasteiger partial charge < -0.3 is 33.3 Å². The Hall–Kier alpha value is -2.89. The molecule has 0 aromatic carbocycles. The lowest BCUT2D eigenvalue weighted by atomic mass is 10.1. The van der Waals surface area contributed by atoms with Crippen molar-refractivity contribution in [3.63, 3.8) is 0 Å². The van der Waals surface area contributed by atoms with Crippen molar-refractivity contribution in [1.29, 1.82) is 0 Å². The van der Waals surface area contributed by atoms with Crippen molar-refractivity contribution in [1.82, 2.24) is 4.90 Å². The van der Waals surface area contributed by atoms with Crippen LogP contribution in [0.25, 0.3) is 0 Å². The summed E-state index contributed by atoms with van der Waals surface area (Å²) >= 11 is 0. The zero-order valence-corrected chi connectivity index (χ0v) is 32.5. The van der Waals surface area contributed by atoms with E-state index < -0.39 is 30.6 Å². The van der Waals surface area contributed by atoms with E-state index in [-0.39, 0.29) is 31.8 Å². The first-order valence-corrected chi connectivity index (χ1v) is 19.8. The van der Waals surface area contributed by atoms with Gasteiger partial charge in [0.1, 0.15) is 6.61 Å². The molecule has 0 heterocycles. The van der Waals surface area contributed by atoms with Crippen LogP contribution in [0.3, 0.4) is 0 Å². The molecule has 12 heteroatoms. The Morgan fingerprint density at radius 1 is 0.451 bits per heavy atom.